The van der Waals surface area contributed by atoms with E-state index in [1.54, 1.807) is 11.3 Å². The Morgan fingerprint density at radius 3 is 2.84 bits per heavy atom. The number of thiazole rings is 1. The van der Waals surface area contributed by atoms with E-state index in [4.69, 9.17) is 0 Å². The molecule has 5 heterocycles. The standard InChI is InChI=1S/C14H17N3S2/c1-2-12(18-9-1)14-15-10-13(19-14)17-8-7-16-5-3-11(17)4-6-16/h1-2,9-11H,3-8H2. The van der Waals surface area contributed by atoms with Crippen molar-refractivity contribution < 1.29 is 0 Å². The first-order valence-electron chi connectivity index (χ1n) is 6.89. The molecule has 0 saturated carbocycles. The van der Waals surface area contributed by atoms with E-state index in [-0.39, 0.29) is 0 Å². The van der Waals surface area contributed by atoms with Crippen LogP contribution in [0.1, 0.15) is 12.8 Å². The van der Waals surface area contributed by atoms with E-state index in [0.29, 0.717) is 0 Å². The van der Waals surface area contributed by atoms with Crippen LogP contribution in [0.3, 0.4) is 0 Å². The van der Waals surface area contributed by atoms with Crippen LogP contribution < -0.4 is 4.90 Å². The number of hydrogen-bond donors (Lipinski definition) is 0. The molecule has 3 fully saturated rings. The molecular weight excluding hydrogens is 274 g/mol. The van der Waals surface area contributed by atoms with E-state index in [1.807, 2.05) is 11.3 Å². The van der Waals surface area contributed by atoms with Crippen LogP contribution in [0.5, 0.6) is 0 Å². The maximum Gasteiger partial charge on any atom is 0.135 e. The van der Waals surface area contributed by atoms with Gasteiger partial charge in [0, 0.05) is 32.2 Å². The molecule has 0 aromatic carbocycles. The molecular formula is C14H17N3S2. The number of anilines is 1. The number of thiophene rings is 1. The number of aromatic nitrogens is 1. The van der Waals surface area contributed by atoms with Gasteiger partial charge in [-0.25, -0.2) is 4.98 Å². The lowest BCUT2D eigenvalue weighted by atomic mass is 10.1. The average molecular weight is 291 g/mol. The van der Waals surface area contributed by atoms with Gasteiger partial charge in [-0.2, -0.15) is 0 Å². The van der Waals surface area contributed by atoms with Crippen molar-refractivity contribution in [1.29, 1.82) is 0 Å². The quantitative estimate of drug-likeness (QED) is 0.847. The normalized spacial score (nSPS) is 26.6. The molecule has 0 N–H and O–H groups in total. The summed E-state index contributed by atoms with van der Waals surface area (Å²) in [5.74, 6) is 0. The highest BCUT2D eigenvalue weighted by molar-refractivity contribution is 7.23. The Labute approximate surface area is 121 Å². The molecule has 2 bridgehead atoms. The second kappa shape index (κ2) is 4.89. The van der Waals surface area contributed by atoms with E-state index in [9.17, 15) is 0 Å². The Hall–Kier alpha value is -0.910. The van der Waals surface area contributed by atoms with Gasteiger partial charge >= 0.3 is 0 Å². The topological polar surface area (TPSA) is 19.4 Å². The number of fused-ring (bicyclic) bond motifs is 4. The van der Waals surface area contributed by atoms with Crippen molar-refractivity contribution in [3.8, 4) is 9.88 Å². The molecule has 5 rings (SSSR count). The molecule has 0 amide bonds. The molecule has 0 spiro atoms. The van der Waals surface area contributed by atoms with Crippen LogP contribution in [0.15, 0.2) is 23.7 Å². The van der Waals surface area contributed by atoms with Gasteiger partial charge < -0.3 is 9.80 Å². The zero-order valence-electron chi connectivity index (χ0n) is 10.8. The third-order valence-corrected chi connectivity index (χ3v) is 6.24. The van der Waals surface area contributed by atoms with Gasteiger partial charge in [-0.1, -0.05) is 17.4 Å². The average Bonchev–Trinajstić information content (AvgIpc) is 3.05. The Morgan fingerprint density at radius 1 is 1.16 bits per heavy atom. The van der Waals surface area contributed by atoms with Crippen LogP contribution >= 0.6 is 22.7 Å². The van der Waals surface area contributed by atoms with Crippen molar-refractivity contribution in [2.24, 2.45) is 0 Å². The van der Waals surface area contributed by atoms with Crippen molar-refractivity contribution >= 4 is 27.7 Å². The molecule has 3 aliphatic rings. The minimum Gasteiger partial charge on any atom is -0.358 e. The van der Waals surface area contributed by atoms with Gasteiger partial charge in [0.15, 0.2) is 0 Å². The minimum absolute atomic E-state index is 0.732. The number of rotatable bonds is 2. The summed E-state index contributed by atoms with van der Waals surface area (Å²) in [4.78, 5) is 11.1. The highest BCUT2D eigenvalue weighted by Crippen LogP contribution is 2.36. The summed E-state index contributed by atoms with van der Waals surface area (Å²) in [6.45, 7) is 4.93. The molecule has 0 aliphatic carbocycles. The largest absolute Gasteiger partial charge is 0.358 e. The molecule has 2 aromatic heterocycles. The number of hydrogen-bond acceptors (Lipinski definition) is 5. The zero-order chi connectivity index (χ0) is 12.7. The SMILES string of the molecule is c1csc(-c2ncc(N3CCN4CCC3CC4)s2)c1. The lowest BCUT2D eigenvalue weighted by molar-refractivity contribution is 0.250. The van der Waals surface area contributed by atoms with Crippen molar-refractivity contribution in [2.45, 2.75) is 18.9 Å². The maximum absolute atomic E-state index is 4.62. The highest BCUT2D eigenvalue weighted by Gasteiger charge is 2.30. The van der Waals surface area contributed by atoms with Gasteiger partial charge in [0.2, 0.25) is 0 Å². The van der Waals surface area contributed by atoms with Gasteiger partial charge in [0.1, 0.15) is 10.0 Å². The molecule has 3 nitrogen and oxygen atoms in total. The van der Waals surface area contributed by atoms with Gasteiger partial charge in [-0.05, 0) is 24.3 Å². The van der Waals surface area contributed by atoms with Gasteiger partial charge in [-0.3, -0.25) is 0 Å². The van der Waals surface area contributed by atoms with Crippen LogP contribution in [0.4, 0.5) is 5.00 Å². The van der Waals surface area contributed by atoms with Crippen LogP contribution in [-0.4, -0.2) is 42.1 Å². The first kappa shape index (κ1) is 11.9. The van der Waals surface area contributed by atoms with Gasteiger partial charge in [0.25, 0.3) is 0 Å². The second-order valence-electron chi connectivity index (χ2n) is 5.25. The number of nitrogens with zero attached hydrogens (tertiary/aromatic N) is 3. The van der Waals surface area contributed by atoms with Crippen LogP contribution in [0, 0.1) is 0 Å². The van der Waals surface area contributed by atoms with Gasteiger partial charge in [-0.15, -0.1) is 11.3 Å². The fourth-order valence-corrected chi connectivity index (χ4v) is 4.91. The second-order valence-corrected chi connectivity index (χ2v) is 7.20. The van der Waals surface area contributed by atoms with Crippen molar-refractivity contribution in [3.05, 3.63) is 23.7 Å². The molecule has 2 aromatic rings. The third-order valence-electron chi connectivity index (χ3n) is 4.16. The van der Waals surface area contributed by atoms with E-state index in [1.165, 1.54) is 47.4 Å². The van der Waals surface area contributed by atoms with Crippen molar-refractivity contribution in [2.75, 3.05) is 31.1 Å². The highest BCUT2D eigenvalue weighted by atomic mass is 32.1. The predicted molar refractivity (Wildman–Crippen MR) is 82.2 cm³/mol. The first-order chi connectivity index (χ1) is 9.40. The molecule has 100 valence electrons. The smallest absolute Gasteiger partial charge is 0.135 e. The van der Waals surface area contributed by atoms with Crippen LogP contribution in [-0.2, 0) is 0 Å². The Balaban J connectivity index is 1.62. The fraction of sp³-hybridized carbons (Fsp3) is 0.500. The summed E-state index contributed by atoms with van der Waals surface area (Å²) >= 11 is 3.63. The molecule has 0 radical (unpaired) electrons. The van der Waals surface area contributed by atoms with E-state index in [0.717, 1.165) is 12.6 Å². The monoisotopic (exact) mass is 291 g/mol. The number of piperidine rings is 1. The van der Waals surface area contributed by atoms with E-state index in [2.05, 4.69) is 38.5 Å². The molecule has 0 atom stereocenters. The molecule has 3 aliphatic heterocycles. The van der Waals surface area contributed by atoms with Crippen molar-refractivity contribution in [3.63, 3.8) is 0 Å². The summed E-state index contributed by atoms with van der Waals surface area (Å²) in [5.41, 5.74) is 0. The first-order valence-corrected chi connectivity index (χ1v) is 8.58. The van der Waals surface area contributed by atoms with E-state index < -0.39 is 0 Å². The fourth-order valence-electron chi connectivity index (χ4n) is 3.09. The summed E-state index contributed by atoms with van der Waals surface area (Å²) in [5, 5.41) is 4.65. The zero-order valence-corrected chi connectivity index (χ0v) is 12.4. The summed E-state index contributed by atoms with van der Waals surface area (Å²) in [6.07, 6.45) is 4.70. The lowest BCUT2D eigenvalue weighted by Gasteiger charge is -2.31. The Bertz CT molecular complexity index is 541. The van der Waals surface area contributed by atoms with E-state index >= 15 is 0 Å². The summed E-state index contributed by atoms with van der Waals surface area (Å²) in [6, 6.07) is 4.99. The summed E-state index contributed by atoms with van der Waals surface area (Å²) < 4.78 is 0. The maximum atomic E-state index is 4.62. The lowest BCUT2D eigenvalue weighted by Crippen LogP contribution is -2.37. The summed E-state index contributed by atoms with van der Waals surface area (Å²) in [7, 11) is 0. The molecule has 5 heteroatoms. The van der Waals surface area contributed by atoms with Crippen LogP contribution in [0.25, 0.3) is 9.88 Å². The third kappa shape index (κ3) is 2.20. The predicted octanol–water partition coefficient (Wildman–Crippen LogP) is 3.16. The Kier molecular flexibility index (Phi) is 3.06. The van der Waals surface area contributed by atoms with Gasteiger partial charge in [0.05, 0.1) is 11.1 Å². The van der Waals surface area contributed by atoms with Crippen LogP contribution in [0.2, 0.25) is 0 Å². The molecule has 3 saturated heterocycles. The van der Waals surface area contributed by atoms with Crippen molar-refractivity contribution in [1.82, 2.24) is 9.88 Å². The molecule has 19 heavy (non-hydrogen) atoms. The minimum atomic E-state index is 0.732. The Morgan fingerprint density at radius 2 is 2.05 bits per heavy atom. The molecule has 0 unspecified atom stereocenters.